The molecule has 2 N–H and O–H groups in total. The van der Waals surface area contributed by atoms with Crippen LogP contribution >= 0.6 is 11.3 Å². The third-order valence-electron chi connectivity index (χ3n) is 4.33. The van der Waals surface area contributed by atoms with E-state index in [1.54, 1.807) is 11.3 Å². The summed E-state index contributed by atoms with van der Waals surface area (Å²) in [5.74, 6) is -0.0377. The molecule has 0 aliphatic rings. The normalized spacial score (nSPS) is 13.2. The zero-order valence-electron chi connectivity index (χ0n) is 15.3. The second-order valence-corrected chi connectivity index (χ2v) is 7.59. The maximum absolute atomic E-state index is 12.6. The number of hydrogen-bond donors (Lipinski definition) is 2. The van der Waals surface area contributed by atoms with Crippen LogP contribution in [0, 0.1) is 13.8 Å². The Morgan fingerprint density at radius 3 is 2.38 bits per heavy atom. The first-order chi connectivity index (χ1) is 12.5. The van der Waals surface area contributed by atoms with Gasteiger partial charge in [-0.2, -0.15) is 0 Å². The molecule has 0 fully saturated rings. The summed E-state index contributed by atoms with van der Waals surface area (Å²) in [6.07, 6.45) is 0. The number of carbonyl (C=O) groups is 1. The van der Waals surface area contributed by atoms with E-state index in [0.29, 0.717) is 0 Å². The van der Waals surface area contributed by atoms with Crippen molar-refractivity contribution >= 4 is 22.9 Å². The van der Waals surface area contributed by atoms with Crippen molar-refractivity contribution in [3.63, 3.8) is 0 Å². The van der Waals surface area contributed by atoms with E-state index in [1.807, 2.05) is 44.2 Å². The average molecular weight is 365 g/mol. The van der Waals surface area contributed by atoms with Crippen LogP contribution in [-0.4, -0.2) is 11.9 Å². The fraction of sp³-hybridized carbons (Fsp3) is 0.227. The van der Waals surface area contributed by atoms with Crippen molar-refractivity contribution in [3.8, 4) is 0 Å². The molecule has 0 saturated carbocycles. The third-order valence-corrected chi connectivity index (χ3v) is 5.27. The number of carbonyl (C=O) groups excluding carboxylic acids is 1. The lowest BCUT2D eigenvalue weighted by Crippen LogP contribution is -2.40. The highest BCUT2D eigenvalue weighted by atomic mass is 32.1. The molecule has 134 valence electrons. The summed E-state index contributed by atoms with van der Waals surface area (Å²) in [5, 5.41) is 8.55. The average Bonchev–Trinajstić information content (AvgIpc) is 3.14. The van der Waals surface area contributed by atoms with Crippen LogP contribution in [0.5, 0.6) is 0 Å². The molecule has 0 aliphatic heterocycles. The first kappa shape index (κ1) is 18.4. The zero-order valence-corrected chi connectivity index (χ0v) is 16.1. The molecule has 4 heteroatoms. The van der Waals surface area contributed by atoms with E-state index < -0.39 is 0 Å². The summed E-state index contributed by atoms with van der Waals surface area (Å²) in [7, 11) is 0. The number of aryl methyl sites for hydroxylation is 2. The van der Waals surface area contributed by atoms with Crippen LogP contribution < -0.4 is 10.6 Å². The molecule has 0 unspecified atom stereocenters. The summed E-state index contributed by atoms with van der Waals surface area (Å²) in [6, 6.07) is 20.1. The first-order valence-electron chi connectivity index (χ1n) is 8.76. The Morgan fingerprint density at radius 1 is 0.962 bits per heavy atom. The Hall–Kier alpha value is -2.43. The van der Waals surface area contributed by atoms with E-state index >= 15 is 0 Å². The second-order valence-electron chi connectivity index (χ2n) is 6.61. The Bertz CT molecular complexity index is 856. The molecule has 26 heavy (non-hydrogen) atoms. The monoisotopic (exact) mass is 364 g/mol. The van der Waals surface area contributed by atoms with E-state index in [1.165, 1.54) is 10.4 Å². The molecular formula is C22H24N2OS. The topological polar surface area (TPSA) is 41.1 Å². The van der Waals surface area contributed by atoms with E-state index in [-0.39, 0.29) is 18.0 Å². The summed E-state index contributed by atoms with van der Waals surface area (Å²) in [5.41, 5.74) is 4.34. The Morgan fingerprint density at radius 2 is 1.73 bits per heavy atom. The van der Waals surface area contributed by atoms with Gasteiger partial charge >= 0.3 is 0 Å². The van der Waals surface area contributed by atoms with Crippen molar-refractivity contribution in [1.82, 2.24) is 5.32 Å². The fourth-order valence-electron chi connectivity index (χ4n) is 2.86. The SMILES string of the molecule is Cc1ccc([C@@H](N[C@@H](C)C(=O)Nc2cccc(C)c2)c2cccs2)cc1. The van der Waals surface area contributed by atoms with Gasteiger partial charge in [0.25, 0.3) is 0 Å². The number of rotatable bonds is 6. The first-order valence-corrected chi connectivity index (χ1v) is 9.64. The summed E-state index contributed by atoms with van der Waals surface area (Å²) < 4.78 is 0. The second kappa shape index (κ2) is 8.30. The predicted molar refractivity (Wildman–Crippen MR) is 110 cm³/mol. The molecule has 0 radical (unpaired) electrons. The zero-order chi connectivity index (χ0) is 18.5. The van der Waals surface area contributed by atoms with Gasteiger partial charge in [0, 0.05) is 10.6 Å². The van der Waals surface area contributed by atoms with Gasteiger partial charge in [-0.3, -0.25) is 10.1 Å². The molecule has 0 aliphatic carbocycles. The molecule has 0 saturated heterocycles. The van der Waals surface area contributed by atoms with Crippen LogP contribution in [0.2, 0.25) is 0 Å². The molecular weight excluding hydrogens is 340 g/mol. The van der Waals surface area contributed by atoms with Crippen molar-refractivity contribution in [3.05, 3.63) is 87.6 Å². The van der Waals surface area contributed by atoms with Crippen LogP contribution in [0.25, 0.3) is 0 Å². The molecule has 0 bridgehead atoms. The summed E-state index contributed by atoms with van der Waals surface area (Å²) in [4.78, 5) is 13.8. The Balaban J connectivity index is 1.75. The highest BCUT2D eigenvalue weighted by Crippen LogP contribution is 2.27. The lowest BCUT2D eigenvalue weighted by molar-refractivity contribution is -0.117. The van der Waals surface area contributed by atoms with Gasteiger partial charge in [0.2, 0.25) is 5.91 Å². The van der Waals surface area contributed by atoms with Crippen molar-refractivity contribution in [1.29, 1.82) is 0 Å². The van der Waals surface area contributed by atoms with Gasteiger partial charge in [-0.05, 0) is 55.5 Å². The minimum Gasteiger partial charge on any atom is -0.325 e. The van der Waals surface area contributed by atoms with Crippen molar-refractivity contribution in [2.45, 2.75) is 32.9 Å². The maximum Gasteiger partial charge on any atom is 0.241 e. The van der Waals surface area contributed by atoms with Gasteiger partial charge in [-0.25, -0.2) is 0 Å². The molecule has 3 rings (SSSR count). The Labute approximate surface area is 159 Å². The van der Waals surface area contributed by atoms with Crippen LogP contribution in [0.4, 0.5) is 5.69 Å². The minimum absolute atomic E-state index is 0.00569. The van der Waals surface area contributed by atoms with Gasteiger partial charge < -0.3 is 5.32 Å². The predicted octanol–water partition coefficient (Wildman–Crippen LogP) is 5.07. The van der Waals surface area contributed by atoms with Gasteiger partial charge in [0.05, 0.1) is 12.1 Å². The van der Waals surface area contributed by atoms with Gasteiger partial charge in [-0.15, -0.1) is 11.3 Å². The highest BCUT2D eigenvalue weighted by Gasteiger charge is 2.21. The summed E-state index contributed by atoms with van der Waals surface area (Å²) >= 11 is 1.70. The number of amides is 1. The molecule has 1 aromatic heterocycles. The minimum atomic E-state index is -0.330. The fourth-order valence-corrected chi connectivity index (χ4v) is 3.67. The van der Waals surface area contributed by atoms with E-state index in [4.69, 9.17) is 0 Å². The molecule has 1 amide bonds. The van der Waals surface area contributed by atoms with E-state index in [2.05, 4.69) is 53.3 Å². The van der Waals surface area contributed by atoms with Crippen LogP contribution in [0.3, 0.4) is 0 Å². The Kier molecular flexibility index (Phi) is 5.86. The molecule has 0 spiro atoms. The number of nitrogens with one attached hydrogen (secondary N) is 2. The smallest absolute Gasteiger partial charge is 0.241 e. The number of benzene rings is 2. The molecule has 3 nitrogen and oxygen atoms in total. The quantitative estimate of drug-likeness (QED) is 0.641. The lowest BCUT2D eigenvalue weighted by atomic mass is 10.0. The largest absolute Gasteiger partial charge is 0.325 e. The standard InChI is InChI=1S/C22H24N2OS/c1-15-9-11-18(12-10-15)21(20-8-5-13-26-20)23-17(3)22(25)24-19-7-4-6-16(2)14-19/h4-14,17,21,23H,1-3H3,(H,24,25)/t17-,21+/m0/s1. The van der Waals surface area contributed by atoms with Crippen molar-refractivity contribution in [2.24, 2.45) is 0 Å². The molecule has 2 atom stereocenters. The van der Waals surface area contributed by atoms with E-state index in [9.17, 15) is 4.79 Å². The summed E-state index contributed by atoms with van der Waals surface area (Å²) in [6.45, 7) is 6.00. The van der Waals surface area contributed by atoms with Gasteiger partial charge in [0.1, 0.15) is 0 Å². The number of anilines is 1. The van der Waals surface area contributed by atoms with Gasteiger partial charge in [-0.1, -0.05) is 48.0 Å². The maximum atomic E-state index is 12.6. The molecule has 2 aromatic carbocycles. The van der Waals surface area contributed by atoms with Crippen molar-refractivity contribution in [2.75, 3.05) is 5.32 Å². The van der Waals surface area contributed by atoms with E-state index in [0.717, 1.165) is 16.8 Å². The third kappa shape index (κ3) is 4.59. The molecule has 3 aromatic rings. The number of thiophene rings is 1. The molecule has 1 heterocycles. The van der Waals surface area contributed by atoms with Crippen LogP contribution in [-0.2, 0) is 4.79 Å². The van der Waals surface area contributed by atoms with Gasteiger partial charge in [0.15, 0.2) is 0 Å². The van der Waals surface area contributed by atoms with Crippen LogP contribution in [0.15, 0.2) is 66.0 Å². The lowest BCUT2D eigenvalue weighted by Gasteiger charge is -2.23. The highest BCUT2D eigenvalue weighted by molar-refractivity contribution is 7.10. The number of hydrogen-bond acceptors (Lipinski definition) is 3. The van der Waals surface area contributed by atoms with Crippen LogP contribution in [0.1, 0.15) is 34.5 Å². The van der Waals surface area contributed by atoms with Crippen molar-refractivity contribution < 1.29 is 4.79 Å².